The van der Waals surface area contributed by atoms with Crippen molar-refractivity contribution in [3.05, 3.63) is 23.7 Å². The van der Waals surface area contributed by atoms with Crippen molar-refractivity contribution in [1.82, 2.24) is 5.32 Å². The maximum Gasteiger partial charge on any atom is 0.120 e. The first kappa shape index (κ1) is 9.74. The van der Waals surface area contributed by atoms with E-state index in [0.29, 0.717) is 6.04 Å². The van der Waals surface area contributed by atoms with Crippen LogP contribution in [0.4, 0.5) is 0 Å². The maximum absolute atomic E-state index is 5.36. The van der Waals surface area contributed by atoms with Crippen LogP contribution in [-0.4, -0.2) is 19.3 Å². The van der Waals surface area contributed by atoms with Crippen molar-refractivity contribution in [3.8, 4) is 0 Å². The Hall–Kier alpha value is -0.800. The van der Waals surface area contributed by atoms with Gasteiger partial charge in [-0.05, 0) is 31.4 Å². The van der Waals surface area contributed by atoms with E-state index in [4.69, 9.17) is 9.15 Å². The van der Waals surface area contributed by atoms with Crippen molar-refractivity contribution in [2.24, 2.45) is 0 Å². The van der Waals surface area contributed by atoms with Crippen molar-refractivity contribution >= 4 is 0 Å². The van der Waals surface area contributed by atoms with Crippen LogP contribution in [0.5, 0.6) is 0 Å². The average Bonchev–Trinajstić information content (AvgIpc) is 2.63. The molecule has 0 aromatic carbocycles. The zero-order valence-corrected chi connectivity index (χ0v) is 8.58. The molecule has 3 nitrogen and oxygen atoms in total. The summed E-state index contributed by atoms with van der Waals surface area (Å²) in [5, 5.41) is 3.49. The van der Waals surface area contributed by atoms with Gasteiger partial charge in [-0.15, -0.1) is 0 Å². The molecule has 0 aliphatic carbocycles. The topological polar surface area (TPSA) is 34.4 Å². The SMILES string of the molecule is Cc1ccoc1CNC1CCOCC1. The van der Waals surface area contributed by atoms with Crippen LogP contribution in [0.3, 0.4) is 0 Å². The fraction of sp³-hybridized carbons (Fsp3) is 0.636. The van der Waals surface area contributed by atoms with E-state index in [0.717, 1.165) is 38.4 Å². The summed E-state index contributed by atoms with van der Waals surface area (Å²) in [6.07, 6.45) is 3.97. The van der Waals surface area contributed by atoms with Crippen LogP contribution in [0.15, 0.2) is 16.7 Å². The Bertz CT molecular complexity index is 277. The Morgan fingerprint density at radius 1 is 1.43 bits per heavy atom. The molecular formula is C11H17NO2. The van der Waals surface area contributed by atoms with E-state index in [1.54, 1.807) is 6.26 Å². The zero-order valence-electron chi connectivity index (χ0n) is 8.58. The highest BCUT2D eigenvalue weighted by Gasteiger charge is 2.13. The van der Waals surface area contributed by atoms with E-state index in [1.807, 2.05) is 6.07 Å². The lowest BCUT2D eigenvalue weighted by Crippen LogP contribution is -2.34. The van der Waals surface area contributed by atoms with Crippen LogP contribution in [0.2, 0.25) is 0 Å². The Morgan fingerprint density at radius 2 is 2.21 bits per heavy atom. The number of hydrogen-bond acceptors (Lipinski definition) is 3. The first-order chi connectivity index (χ1) is 6.86. The molecule has 2 heterocycles. The summed E-state index contributed by atoms with van der Waals surface area (Å²) in [5.41, 5.74) is 1.23. The van der Waals surface area contributed by atoms with E-state index in [9.17, 15) is 0 Å². The average molecular weight is 195 g/mol. The van der Waals surface area contributed by atoms with Crippen LogP contribution in [0.25, 0.3) is 0 Å². The Balaban J connectivity index is 1.79. The number of hydrogen-bond donors (Lipinski definition) is 1. The molecular weight excluding hydrogens is 178 g/mol. The smallest absolute Gasteiger partial charge is 0.120 e. The number of rotatable bonds is 3. The Morgan fingerprint density at radius 3 is 2.86 bits per heavy atom. The van der Waals surface area contributed by atoms with Crippen LogP contribution in [-0.2, 0) is 11.3 Å². The van der Waals surface area contributed by atoms with Gasteiger partial charge in [0, 0.05) is 19.3 Å². The molecule has 3 heteroatoms. The van der Waals surface area contributed by atoms with Gasteiger partial charge in [-0.1, -0.05) is 0 Å². The van der Waals surface area contributed by atoms with Crippen molar-refractivity contribution in [2.45, 2.75) is 32.4 Å². The minimum Gasteiger partial charge on any atom is -0.468 e. The molecule has 0 spiro atoms. The first-order valence-corrected chi connectivity index (χ1v) is 5.20. The minimum absolute atomic E-state index is 0.591. The summed E-state index contributed by atoms with van der Waals surface area (Å²) in [6, 6.07) is 2.59. The molecule has 0 saturated carbocycles. The lowest BCUT2D eigenvalue weighted by molar-refractivity contribution is 0.0771. The highest BCUT2D eigenvalue weighted by Crippen LogP contribution is 2.11. The van der Waals surface area contributed by atoms with Crippen molar-refractivity contribution in [2.75, 3.05) is 13.2 Å². The van der Waals surface area contributed by atoms with Gasteiger partial charge >= 0.3 is 0 Å². The van der Waals surface area contributed by atoms with Crippen molar-refractivity contribution < 1.29 is 9.15 Å². The molecule has 1 N–H and O–H groups in total. The molecule has 1 fully saturated rings. The molecule has 1 aromatic heterocycles. The lowest BCUT2D eigenvalue weighted by Gasteiger charge is -2.22. The summed E-state index contributed by atoms with van der Waals surface area (Å²) in [4.78, 5) is 0. The quantitative estimate of drug-likeness (QED) is 0.799. The third-order valence-electron chi connectivity index (χ3n) is 2.74. The molecule has 1 aromatic rings. The third-order valence-corrected chi connectivity index (χ3v) is 2.74. The summed E-state index contributed by atoms with van der Waals surface area (Å²) in [5.74, 6) is 1.05. The summed E-state index contributed by atoms with van der Waals surface area (Å²) in [6.45, 7) is 4.68. The molecule has 0 bridgehead atoms. The van der Waals surface area contributed by atoms with Gasteiger partial charge in [0.15, 0.2) is 0 Å². The van der Waals surface area contributed by atoms with Gasteiger partial charge in [0.25, 0.3) is 0 Å². The van der Waals surface area contributed by atoms with E-state index in [2.05, 4.69) is 12.2 Å². The lowest BCUT2D eigenvalue weighted by atomic mass is 10.1. The minimum atomic E-state index is 0.591. The molecule has 2 rings (SSSR count). The molecule has 1 aliphatic heterocycles. The van der Waals surface area contributed by atoms with Gasteiger partial charge < -0.3 is 14.5 Å². The van der Waals surface area contributed by atoms with Crippen molar-refractivity contribution in [3.63, 3.8) is 0 Å². The predicted molar refractivity (Wildman–Crippen MR) is 54.1 cm³/mol. The van der Waals surface area contributed by atoms with E-state index >= 15 is 0 Å². The summed E-state index contributed by atoms with van der Waals surface area (Å²) in [7, 11) is 0. The van der Waals surface area contributed by atoms with Crippen LogP contribution < -0.4 is 5.32 Å². The van der Waals surface area contributed by atoms with Gasteiger partial charge in [0.1, 0.15) is 5.76 Å². The highest BCUT2D eigenvalue weighted by molar-refractivity contribution is 5.14. The second kappa shape index (κ2) is 4.62. The number of ether oxygens (including phenoxy) is 1. The number of aryl methyl sites for hydroxylation is 1. The first-order valence-electron chi connectivity index (χ1n) is 5.20. The Kier molecular flexibility index (Phi) is 3.22. The fourth-order valence-electron chi connectivity index (χ4n) is 1.72. The largest absolute Gasteiger partial charge is 0.468 e. The molecule has 0 radical (unpaired) electrons. The number of nitrogens with one attached hydrogen (secondary N) is 1. The molecule has 0 amide bonds. The van der Waals surface area contributed by atoms with Crippen LogP contribution in [0, 0.1) is 6.92 Å². The maximum atomic E-state index is 5.36. The van der Waals surface area contributed by atoms with Crippen LogP contribution >= 0.6 is 0 Å². The Labute approximate surface area is 84.4 Å². The summed E-state index contributed by atoms with van der Waals surface area (Å²) < 4.78 is 10.7. The molecule has 1 aliphatic rings. The van der Waals surface area contributed by atoms with Gasteiger partial charge in [-0.3, -0.25) is 0 Å². The predicted octanol–water partition coefficient (Wildman–Crippen LogP) is 1.86. The highest BCUT2D eigenvalue weighted by atomic mass is 16.5. The van der Waals surface area contributed by atoms with Gasteiger partial charge in [0.05, 0.1) is 12.8 Å². The standard InChI is InChI=1S/C11H17NO2/c1-9-2-7-14-11(9)8-12-10-3-5-13-6-4-10/h2,7,10,12H,3-6,8H2,1H3. The van der Waals surface area contributed by atoms with E-state index < -0.39 is 0 Å². The van der Waals surface area contributed by atoms with Gasteiger partial charge in [-0.2, -0.15) is 0 Å². The fourth-order valence-corrected chi connectivity index (χ4v) is 1.72. The van der Waals surface area contributed by atoms with E-state index in [1.165, 1.54) is 5.56 Å². The van der Waals surface area contributed by atoms with Gasteiger partial charge in [0.2, 0.25) is 0 Å². The van der Waals surface area contributed by atoms with Crippen LogP contribution in [0.1, 0.15) is 24.2 Å². The summed E-state index contributed by atoms with van der Waals surface area (Å²) >= 11 is 0. The van der Waals surface area contributed by atoms with Crippen molar-refractivity contribution in [1.29, 1.82) is 0 Å². The third kappa shape index (κ3) is 2.36. The zero-order chi connectivity index (χ0) is 9.80. The monoisotopic (exact) mass is 195 g/mol. The number of furan rings is 1. The molecule has 14 heavy (non-hydrogen) atoms. The second-order valence-electron chi connectivity index (χ2n) is 3.79. The molecule has 1 saturated heterocycles. The molecule has 0 unspecified atom stereocenters. The molecule has 78 valence electrons. The normalized spacial score (nSPS) is 18.6. The molecule has 0 atom stereocenters. The van der Waals surface area contributed by atoms with E-state index in [-0.39, 0.29) is 0 Å². The van der Waals surface area contributed by atoms with Gasteiger partial charge in [-0.25, -0.2) is 0 Å². The second-order valence-corrected chi connectivity index (χ2v) is 3.79.